The van der Waals surface area contributed by atoms with Crippen LogP contribution in [0.1, 0.15) is 27.2 Å². The van der Waals surface area contributed by atoms with Crippen molar-refractivity contribution in [3.63, 3.8) is 0 Å². The Kier molecular flexibility index (Phi) is 7.47. The summed E-state index contributed by atoms with van der Waals surface area (Å²) in [6.07, 6.45) is 1.43. The molecule has 1 saturated heterocycles. The van der Waals surface area contributed by atoms with Gasteiger partial charge in [0.2, 0.25) is 5.91 Å². The van der Waals surface area contributed by atoms with Gasteiger partial charge in [0.15, 0.2) is 0 Å². The molecule has 7 nitrogen and oxygen atoms in total. The van der Waals surface area contributed by atoms with Crippen LogP contribution in [0.5, 0.6) is 0 Å². The van der Waals surface area contributed by atoms with Crippen molar-refractivity contribution in [3.05, 3.63) is 95.5 Å². The number of nitrogens with one attached hydrogen (secondary N) is 1. The molecule has 0 atom stereocenters. The van der Waals surface area contributed by atoms with Crippen LogP contribution in [0.15, 0.2) is 77.5 Å². The van der Waals surface area contributed by atoms with E-state index in [1.807, 2.05) is 0 Å². The Morgan fingerprint density at radius 1 is 1.03 bits per heavy atom. The number of furan rings is 1. The second-order valence-corrected chi connectivity index (χ2v) is 8.97. The Bertz CT molecular complexity index is 1510. The molecular weight excluding hydrogens is 511 g/mol. The summed E-state index contributed by atoms with van der Waals surface area (Å²) in [7, 11) is 0. The van der Waals surface area contributed by atoms with Crippen molar-refractivity contribution in [2.75, 3.05) is 26.3 Å². The summed E-state index contributed by atoms with van der Waals surface area (Å²) in [5, 5.41) is 2.87. The zero-order valence-corrected chi connectivity index (χ0v) is 20.7. The number of fused-ring (bicyclic) bond motifs is 1. The number of alkyl halides is 3. The number of benzene rings is 2. The second kappa shape index (κ2) is 11.1. The zero-order valence-electron chi connectivity index (χ0n) is 20.7. The van der Waals surface area contributed by atoms with Gasteiger partial charge < -0.3 is 19.4 Å². The molecule has 1 aliphatic heterocycles. The van der Waals surface area contributed by atoms with Crippen molar-refractivity contribution in [2.24, 2.45) is 0 Å². The smallest absolute Gasteiger partial charge is 0.420 e. The first-order valence-corrected chi connectivity index (χ1v) is 12.2. The standard InChI is InChI=1S/C29H24F3N3O4/c30-29(31,32)25-16-22(20-4-6-21(7-5-20)28(37)35-10-12-38-13-11-35)14-23-15-24(39-27(23)25)18-34-26(36)8-3-19-2-1-9-33-17-19/h1-9,14-17H,10-13,18H2,(H,34,36)/b8-3+. The largest absolute Gasteiger partial charge is 0.459 e. The van der Waals surface area contributed by atoms with E-state index in [1.165, 1.54) is 12.1 Å². The molecule has 0 unspecified atom stereocenters. The maximum Gasteiger partial charge on any atom is 0.420 e. The third-order valence-electron chi connectivity index (χ3n) is 6.28. The lowest BCUT2D eigenvalue weighted by molar-refractivity contribution is -0.136. The monoisotopic (exact) mass is 535 g/mol. The van der Waals surface area contributed by atoms with Crippen LogP contribution < -0.4 is 5.32 Å². The highest BCUT2D eigenvalue weighted by molar-refractivity contribution is 5.95. The maximum atomic E-state index is 14.0. The van der Waals surface area contributed by atoms with Crippen LogP contribution in [0.2, 0.25) is 0 Å². The quantitative estimate of drug-likeness (QED) is 0.338. The van der Waals surface area contributed by atoms with Gasteiger partial charge in [-0.1, -0.05) is 18.2 Å². The van der Waals surface area contributed by atoms with Crippen LogP contribution in [-0.2, 0) is 22.3 Å². The number of rotatable bonds is 6. The molecule has 200 valence electrons. The van der Waals surface area contributed by atoms with E-state index in [9.17, 15) is 22.8 Å². The number of morpholine rings is 1. The fourth-order valence-electron chi connectivity index (χ4n) is 4.30. The Hall–Kier alpha value is -4.44. The Balaban J connectivity index is 1.36. The molecule has 2 amide bonds. The van der Waals surface area contributed by atoms with Gasteiger partial charge in [-0.2, -0.15) is 13.2 Å². The number of halogens is 3. The number of hydrogen-bond acceptors (Lipinski definition) is 5. The fourth-order valence-corrected chi connectivity index (χ4v) is 4.30. The van der Waals surface area contributed by atoms with E-state index < -0.39 is 17.6 Å². The van der Waals surface area contributed by atoms with E-state index in [-0.39, 0.29) is 29.2 Å². The van der Waals surface area contributed by atoms with Crippen molar-refractivity contribution in [1.82, 2.24) is 15.2 Å². The first-order chi connectivity index (χ1) is 18.8. The van der Waals surface area contributed by atoms with E-state index in [0.717, 1.165) is 11.6 Å². The van der Waals surface area contributed by atoms with Gasteiger partial charge in [0.25, 0.3) is 5.91 Å². The summed E-state index contributed by atoms with van der Waals surface area (Å²) < 4.78 is 52.7. The Morgan fingerprint density at radius 2 is 1.79 bits per heavy atom. The van der Waals surface area contributed by atoms with Crippen LogP contribution in [0.3, 0.4) is 0 Å². The molecule has 4 aromatic rings. The number of aromatic nitrogens is 1. The van der Waals surface area contributed by atoms with E-state index in [1.54, 1.807) is 65.8 Å². The first kappa shape index (κ1) is 26.2. The van der Waals surface area contributed by atoms with Crippen molar-refractivity contribution in [1.29, 1.82) is 0 Å². The van der Waals surface area contributed by atoms with Crippen LogP contribution in [0.4, 0.5) is 13.2 Å². The van der Waals surface area contributed by atoms with E-state index in [2.05, 4.69) is 10.3 Å². The van der Waals surface area contributed by atoms with Crippen LogP contribution in [0, 0.1) is 0 Å². The number of carbonyl (C=O) groups excluding carboxylic acids is 2. The zero-order chi connectivity index (χ0) is 27.4. The molecule has 0 bridgehead atoms. The van der Waals surface area contributed by atoms with Gasteiger partial charge in [-0.05, 0) is 59.2 Å². The first-order valence-electron chi connectivity index (χ1n) is 12.2. The van der Waals surface area contributed by atoms with Gasteiger partial charge in [-0.3, -0.25) is 14.6 Å². The minimum Gasteiger partial charge on any atom is -0.459 e. The molecule has 5 rings (SSSR count). The van der Waals surface area contributed by atoms with Crippen LogP contribution in [-0.4, -0.2) is 48.0 Å². The average Bonchev–Trinajstić information content (AvgIpc) is 3.37. The summed E-state index contributed by atoms with van der Waals surface area (Å²) in [5.74, 6) is -0.391. The van der Waals surface area contributed by atoms with Gasteiger partial charge in [0.05, 0.1) is 25.3 Å². The molecule has 0 spiro atoms. The molecule has 0 radical (unpaired) electrons. The highest BCUT2D eigenvalue weighted by Gasteiger charge is 2.35. The topological polar surface area (TPSA) is 84.7 Å². The molecule has 1 aliphatic rings. The van der Waals surface area contributed by atoms with Gasteiger partial charge in [-0.25, -0.2) is 0 Å². The fraction of sp³-hybridized carbons (Fsp3) is 0.207. The predicted molar refractivity (Wildman–Crippen MR) is 138 cm³/mol. The molecule has 0 aliphatic carbocycles. The van der Waals surface area contributed by atoms with Gasteiger partial charge in [-0.15, -0.1) is 0 Å². The second-order valence-electron chi connectivity index (χ2n) is 8.97. The molecule has 1 fully saturated rings. The van der Waals surface area contributed by atoms with E-state index >= 15 is 0 Å². The van der Waals surface area contributed by atoms with E-state index in [4.69, 9.17) is 9.15 Å². The molecule has 1 N–H and O–H groups in total. The summed E-state index contributed by atoms with van der Waals surface area (Å²) >= 11 is 0. The predicted octanol–water partition coefficient (Wildman–Crippen LogP) is 5.32. The molecule has 39 heavy (non-hydrogen) atoms. The summed E-state index contributed by atoms with van der Waals surface area (Å²) in [6.45, 7) is 1.85. The third kappa shape index (κ3) is 6.18. The molecule has 2 aromatic heterocycles. The molecular formula is C29H24F3N3O4. The minimum absolute atomic E-state index is 0.0874. The van der Waals surface area contributed by atoms with Crippen LogP contribution in [0.25, 0.3) is 28.2 Å². The third-order valence-corrected chi connectivity index (χ3v) is 6.28. The number of nitrogens with zero attached hydrogens (tertiary/aromatic N) is 2. The normalized spacial score (nSPS) is 14.2. The van der Waals surface area contributed by atoms with Crippen molar-refractivity contribution in [2.45, 2.75) is 12.7 Å². The minimum atomic E-state index is -4.66. The SMILES string of the molecule is O=C(/C=C/c1cccnc1)NCc1cc2cc(-c3ccc(C(=O)N4CCOCC4)cc3)cc(C(F)(F)F)c2o1. The number of hydrogen-bond donors (Lipinski definition) is 1. The van der Waals surface area contributed by atoms with Crippen LogP contribution >= 0.6 is 0 Å². The molecule has 3 heterocycles. The lowest BCUT2D eigenvalue weighted by atomic mass is 9.99. The van der Waals surface area contributed by atoms with Gasteiger partial charge in [0, 0.05) is 42.5 Å². The molecule has 0 saturated carbocycles. The van der Waals surface area contributed by atoms with E-state index in [0.29, 0.717) is 43.0 Å². The van der Waals surface area contributed by atoms with Gasteiger partial charge >= 0.3 is 6.18 Å². The number of ether oxygens (including phenoxy) is 1. The maximum absolute atomic E-state index is 14.0. The number of amides is 2. The van der Waals surface area contributed by atoms with Crippen molar-refractivity contribution < 1.29 is 31.9 Å². The number of pyridine rings is 1. The summed E-state index contributed by atoms with van der Waals surface area (Å²) in [6, 6.07) is 14.1. The lowest BCUT2D eigenvalue weighted by Gasteiger charge is -2.26. The van der Waals surface area contributed by atoms with Crippen molar-refractivity contribution in [3.8, 4) is 11.1 Å². The highest BCUT2D eigenvalue weighted by atomic mass is 19.4. The Labute approximate surface area is 221 Å². The summed E-state index contributed by atoms with van der Waals surface area (Å²) in [5.41, 5.74) is 0.820. The molecule has 2 aromatic carbocycles. The van der Waals surface area contributed by atoms with Gasteiger partial charge in [0.1, 0.15) is 11.3 Å². The average molecular weight is 536 g/mol. The Morgan fingerprint density at radius 3 is 2.49 bits per heavy atom. The number of carbonyl (C=O) groups is 2. The highest BCUT2D eigenvalue weighted by Crippen LogP contribution is 2.39. The lowest BCUT2D eigenvalue weighted by Crippen LogP contribution is -2.40. The summed E-state index contributed by atoms with van der Waals surface area (Å²) in [4.78, 5) is 30.5. The van der Waals surface area contributed by atoms with Crippen molar-refractivity contribution >= 4 is 28.9 Å². The molecule has 10 heteroatoms.